The van der Waals surface area contributed by atoms with Crippen molar-refractivity contribution in [3.05, 3.63) is 35.2 Å². The molecule has 10 heteroatoms. The van der Waals surface area contributed by atoms with Gasteiger partial charge in [0.2, 0.25) is 5.91 Å². The van der Waals surface area contributed by atoms with Gasteiger partial charge in [0, 0.05) is 55.1 Å². The van der Waals surface area contributed by atoms with Gasteiger partial charge >= 0.3 is 0 Å². The van der Waals surface area contributed by atoms with Crippen LogP contribution in [-0.2, 0) is 14.3 Å². The first kappa shape index (κ1) is 27.4. The number of carbonyl (C=O) groups excluding carboxylic acids is 3. The summed E-state index contributed by atoms with van der Waals surface area (Å²) in [6.07, 6.45) is 2.79. The summed E-state index contributed by atoms with van der Waals surface area (Å²) < 4.78 is 5.85. The Balaban J connectivity index is 1.14. The number of fused-ring (bicyclic) bond motifs is 1. The van der Waals surface area contributed by atoms with Crippen LogP contribution in [0.2, 0.25) is 0 Å². The fourth-order valence-electron chi connectivity index (χ4n) is 6.28. The second kappa shape index (κ2) is 11.2. The fraction of sp³-hybridized carbons (Fsp3) is 0.600. The van der Waals surface area contributed by atoms with Crippen molar-refractivity contribution in [1.82, 2.24) is 20.1 Å². The van der Waals surface area contributed by atoms with Crippen LogP contribution in [-0.4, -0.2) is 96.9 Å². The number of hydrogen-bond acceptors (Lipinski definition) is 8. The molecular formula is C30H39N5O4S. The Morgan fingerprint density at radius 1 is 1.15 bits per heavy atom. The summed E-state index contributed by atoms with van der Waals surface area (Å²) in [5, 5.41) is 6.11. The lowest BCUT2D eigenvalue weighted by atomic mass is 9.96. The highest BCUT2D eigenvalue weighted by Crippen LogP contribution is 2.46. The van der Waals surface area contributed by atoms with Gasteiger partial charge in [-0.2, -0.15) is 0 Å². The van der Waals surface area contributed by atoms with Gasteiger partial charge in [-0.15, -0.1) is 11.3 Å². The van der Waals surface area contributed by atoms with Crippen LogP contribution in [0.3, 0.4) is 0 Å². The first-order valence-corrected chi connectivity index (χ1v) is 15.5. The number of carbonyl (C=O) groups is 3. The number of benzene rings is 1. The molecule has 4 heterocycles. The normalized spacial score (nSPS) is 26.6. The van der Waals surface area contributed by atoms with Gasteiger partial charge in [0.1, 0.15) is 18.7 Å². The van der Waals surface area contributed by atoms with Crippen LogP contribution < -0.4 is 10.2 Å². The number of hydrogen-bond donors (Lipinski definition) is 1. The summed E-state index contributed by atoms with van der Waals surface area (Å²) >= 11 is 1.65. The predicted octanol–water partition coefficient (Wildman–Crippen LogP) is 2.91. The monoisotopic (exact) mass is 565 g/mol. The number of likely N-dealkylation sites (N-methyl/N-ethyl adjacent to an activating group) is 1. The third-order valence-corrected chi connectivity index (χ3v) is 10.1. The van der Waals surface area contributed by atoms with Crippen molar-refractivity contribution in [1.29, 1.82) is 0 Å². The SMILES string of the molecule is CC[C@H](C)[C@H](NC(=O)c1ccc(-c2csc(N3CCN(C)CC3)n2)cc1)C(=O)N1C[C@@H](C2CC2)[C@H]2OCC(=O)[C@H]21. The molecule has 2 amide bonds. The maximum atomic E-state index is 13.9. The van der Waals surface area contributed by atoms with E-state index >= 15 is 0 Å². The van der Waals surface area contributed by atoms with E-state index in [1.54, 1.807) is 28.4 Å². The van der Waals surface area contributed by atoms with Crippen LogP contribution >= 0.6 is 11.3 Å². The summed E-state index contributed by atoms with van der Waals surface area (Å²) in [5.74, 6) is 0.185. The van der Waals surface area contributed by atoms with Gasteiger partial charge in [-0.05, 0) is 43.9 Å². The Kier molecular flexibility index (Phi) is 7.67. The largest absolute Gasteiger partial charge is 0.367 e. The number of ketones is 1. The minimum atomic E-state index is -0.700. The van der Waals surface area contributed by atoms with Gasteiger partial charge in [-0.3, -0.25) is 14.4 Å². The van der Waals surface area contributed by atoms with Crippen molar-refractivity contribution < 1.29 is 19.1 Å². The van der Waals surface area contributed by atoms with Gasteiger partial charge in [0.15, 0.2) is 10.9 Å². The summed E-state index contributed by atoms with van der Waals surface area (Å²) in [4.78, 5) is 51.1. The molecule has 0 radical (unpaired) electrons. The number of anilines is 1. The van der Waals surface area contributed by atoms with Gasteiger partial charge < -0.3 is 24.8 Å². The van der Waals surface area contributed by atoms with Crippen molar-refractivity contribution in [2.45, 2.75) is 51.3 Å². The van der Waals surface area contributed by atoms with Gasteiger partial charge in [-0.1, -0.05) is 32.4 Å². The van der Waals surface area contributed by atoms with Crippen molar-refractivity contribution >= 4 is 34.1 Å². The highest BCUT2D eigenvalue weighted by molar-refractivity contribution is 7.14. The van der Waals surface area contributed by atoms with Crippen LogP contribution in [0.15, 0.2) is 29.6 Å². The molecule has 4 aliphatic rings. The Hall–Kier alpha value is -2.82. The van der Waals surface area contributed by atoms with Crippen LogP contribution in [0.4, 0.5) is 5.13 Å². The third kappa shape index (κ3) is 5.29. The molecule has 3 saturated heterocycles. The van der Waals surface area contributed by atoms with E-state index in [0.29, 0.717) is 18.0 Å². The molecule has 9 nitrogen and oxygen atoms in total. The van der Waals surface area contributed by atoms with E-state index in [-0.39, 0.29) is 42.1 Å². The fourth-order valence-corrected chi connectivity index (χ4v) is 7.17. The zero-order chi connectivity index (χ0) is 28.0. The smallest absolute Gasteiger partial charge is 0.251 e. The summed E-state index contributed by atoms with van der Waals surface area (Å²) in [7, 11) is 2.14. The van der Waals surface area contributed by atoms with Crippen LogP contribution in [0, 0.1) is 17.8 Å². The molecule has 0 bridgehead atoms. The van der Waals surface area contributed by atoms with Gasteiger partial charge in [0.05, 0.1) is 11.8 Å². The Morgan fingerprint density at radius 2 is 1.88 bits per heavy atom. The second-order valence-corrected chi connectivity index (χ2v) is 12.7. The quantitative estimate of drug-likeness (QED) is 0.526. The van der Waals surface area contributed by atoms with E-state index in [1.807, 2.05) is 26.0 Å². The molecule has 0 unspecified atom stereocenters. The van der Waals surface area contributed by atoms with E-state index in [9.17, 15) is 14.4 Å². The summed E-state index contributed by atoms with van der Waals surface area (Å²) in [6, 6.07) is 6.20. The molecule has 1 aromatic carbocycles. The maximum Gasteiger partial charge on any atom is 0.251 e. The second-order valence-electron chi connectivity index (χ2n) is 11.9. The number of piperazine rings is 1. The molecule has 4 fully saturated rings. The molecule has 1 aliphatic carbocycles. The Labute approximate surface area is 239 Å². The third-order valence-electron chi connectivity index (χ3n) is 9.21. The van der Waals surface area contributed by atoms with E-state index in [2.05, 4.69) is 27.5 Å². The highest BCUT2D eigenvalue weighted by atomic mass is 32.1. The van der Waals surface area contributed by atoms with Gasteiger partial charge in [-0.25, -0.2) is 4.98 Å². The first-order valence-electron chi connectivity index (χ1n) is 14.6. The number of amides is 2. The van der Waals surface area contributed by atoms with E-state index < -0.39 is 12.1 Å². The van der Waals surface area contributed by atoms with Crippen LogP contribution in [0.5, 0.6) is 0 Å². The number of likely N-dealkylation sites (tertiary alicyclic amines) is 1. The molecule has 3 aliphatic heterocycles. The van der Waals surface area contributed by atoms with Crippen LogP contribution in [0.1, 0.15) is 43.5 Å². The molecule has 1 N–H and O–H groups in total. The lowest BCUT2D eigenvalue weighted by Crippen LogP contribution is -2.54. The molecular weight excluding hydrogens is 526 g/mol. The Bertz CT molecular complexity index is 1250. The molecule has 40 heavy (non-hydrogen) atoms. The number of nitrogens with zero attached hydrogens (tertiary/aromatic N) is 4. The van der Waals surface area contributed by atoms with E-state index in [4.69, 9.17) is 9.72 Å². The minimum Gasteiger partial charge on any atom is -0.367 e. The van der Waals surface area contributed by atoms with E-state index in [0.717, 1.165) is 61.8 Å². The molecule has 5 atom stereocenters. The molecule has 1 saturated carbocycles. The Morgan fingerprint density at radius 3 is 2.55 bits per heavy atom. The number of thiazole rings is 1. The summed E-state index contributed by atoms with van der Waals surface area (Å²) in [6.45, 7) is 8.60. The molecule has 214 valence electrons. The molecule has 6 rings (SSSR count). The first-order chi connectivity index (χ1) is 19.3. The zero-order valence-electron chi connectivity index (χ0n) is 23.5. The van der Waals surface area contributed by atoms with Crippen LogP contribution in [0.25, 0.3) is 11.3 Å². The highest BCUT2D eigenvalue weighted by Gasteiger charge is 2.56. The lowest BCUT2D eigenvalue weighted by Gasteiger charge is -2.32. The number of ether oxygens (including phenoxy) is 1. The van der Waals surface area contributed by atoms with Crippen molar-refractivity contribution in [3.8, 4) is 11.3 Å². The standard InChI is InChI=1S/C30H39N5O4S/c1-4-18(2)25(29(38)35-15-22(19-5-6-19)27-26(35)24(36)16-39-27)32-28(37)21-9-7-20(8-10-21)23-17-40-30(31-23)34-13-11-33(3)12-14-34/h7-10,17-19,22,25-27H,4-6,11-16H2,1-3H3,(H,32,37)/t18-,22-,25-,26+,27+/m0/s1. The number of nitrogens with one attached hydrogen (secondary N) is 1. The van der Waals surface area contributed by atoms with Crippen molar-refractivity contribution in [2.75, 3.05) is 51.3 Å². The summed E-state index contributed by atoms with van der Waals surface area (Å²) in [5.41, 5.74) is 2.35. The minimum absolute atomic E-state index is 0.0239. The van der Waals surface area contributed by atoms with Crippen molar-refractivity contribution in [3.63, 3.8) is 0 Å². The lowest BCUT2D eigenvalue weighted by molar-refractivity contribution is -0.139. The number of Topliss-reactive ketones (excluding diaryl/α,β-unsaturated/α-hetero) is 1. The number of rotatable bonds is 8. The average Bonchev–Trinajstić information content (AvgIpc) is 3.38. The topological polar surface area (TPSA) is 95.1 Å². The molecule has 0 spiro atoms. The van der Waals surface area contributed by atoms with Crippen molar-refractivity contribution in [2.24, 2.45) is 17.8 Å². The zero-order valence-corrected chi connectivity index (χ0v) is 24.4. The maximum absolute atomic E-state index is 13.9. The van der Waals surface area contributed by atoms with Gasteiger partial charge in [0.25, 0.3) is 5.91 Å². The molecule has 2 aromatic rings. The van der Waals surface area contributed by atoms with E-state index in [1.165, 1.54) is 0 Å². The predicted molar refractivity (Wildman–Crippen MR) is 154 cm³/mol. The average molecular weight is 566 g/mol. The number of aromatic nitrogens is 1. The molecule has 1 aromatic heterocycles.